The van der Waals surface area contributed by atoms with E-state index in [0.29, 0.717) is 5.90 Å². The third-order valence-corrected chi connectivity index (χ3v) is 0.569. The van der Waals surface area contributed by atoms with Gasteiger partial charge in [-0.25, -0.2) is 4.99 Å². The van der Waals surface area contributed by atoms with Crippen LogP contribution in [0.5, 0.6) is 0 Å². The van der Waals surface area contributed by atoms with Gasteiger partial charge in [-0.15, -0.1) is 0 Å². The normalized spacial score (nSPS) is 8.00. The summed E-state index contributed by atoms with van der Waals surface area (Å²) in [4.78, 5) is 3.70. The average Bonchev–Trinajstić information content (AvgIpc) is 2.12. The second kappa shape index (κ2) is 22.9. The highest BCUT2D eigenvalue weighted by atomic mass is 16.5. The topological polar surface area (TPSA) is 21.6 Å². The van der Waals surface area contributed by atoms with Crippen molar-refractivity contribution in [3.05, 3.63) is 12.8 Å². The Bertz CT molecular complexity index is 87.6. The van der Waals surface area contributed by atoms with E-state index in [1.165, 1.54) is 6.20 Å². The first-order valence-corrected chi connectivity index (χ1v) is 4.00. The smallest absolute Gasteiger partial charge is 0.184 e. The predicted molar refractivity (Wildman–Crippen MR) is 53.0 cm³/mol. The van der Waals surface area contributed by atoms with Crippen LogP contribution in [0.1, 0.15) is 34.6 Å². The highest BCUT2D eigenvalue weighted by Gasteiger charge is 1.76. The molecule has 68 valence electrons. The van der Waals surface area contributed by atoms with Crippen LogP contribution in [0, 0.1) is 0 Å². The number of rotatable bonds is 1. The molecule has 0 saturated carbocycles. The van der Waals surface area contributed by atoms with Crippen LogP contribution in [0.25, 0.3) is 0 Å². The quantitative estimate of drug-likeness (QED) is 0.425. The van der Waals surface area contributed by atoms with Crippen LogP contribution in [0.2, 0.25) is 0 Å². The molecular formula is C9H21NO. The van der Waals surface area contributed by atoms with Crippen molar-refractivity contribution in [3.8, 4) is 0 Å². The number of hydrogen-bond donors (Lipinski definition) is 0. The fraction of sp³-hybridized carbons (Fsp3) is 0.667. The molecule has 0 rings (SSSR count). The van der Waals surface area contributed by atoms with Gasteiger partial charge in [-0.2, -0.15) is 0 Å². The van der Waals surface area contributed by atoms with E-state index in [-0.39, 0.29) is 0 Å². The molecule has 2 heteroatoms. The van der Waals surface area contributed by atoms with Gasteiger partial charge in [0.1, 0.15) is 0 Å². The van der Waals surface area contributed by atoms with Crippen LogP contribution >= 0.6 is 0 Å². The molecule has 0 spiro atoms. The standard InChI is InChI=1S/C5H9NO.2C2H6/c1-4-6-5(2)7-3;2*1-2/h4H,1H2,2-3H3;2*1-2H3. The molecule has 0 bridgehead atoms. The minimum absolute atomic E-state index is 0.634. The van der Waals surface area contributed by atoms with Gasteiger partial charge in [0, 0.05) is 13.1 Å². The summed E-state index contributed by atoms with van der Waals surface area (Å²) in [7, 11) is 1.57. The fourth-order valence-corrected chi connectivity index (χ4v) is 0.181. The maximum atomic E-state index is 4.67. The van der Waals surface area contributed by atoms with Crippen molar-refractivity contribution in [3.63, 3.8) is 0 Å². The number of nitrogens with zero attached hydrogens (tertiary/aromatic N) is 1. The molecular weight excluding hydrogens is 138 g/mol. The van der Waals surface area contributed by atoms with E-state index in [1.807, 2.05) is 27.7 Å². The molecule has 0 aliphatic carbocycles. The van der Waals surface area contributed by atoms with Gasteiger partial charge in [-0.05, 0) is 0 Å². The molecule has 11 heavy (non-hydrogen) atoms. The number of hydrogen-bond acceptors (Lipinski definition) is 2. The van der Waals surface area contributed by atoms with E-state index >= 15 is 0 Å². The van der Waals surface area contributed by atoms with E-state index in [2.05, 4.69) is 16.3 Å². The van der Waals surface area contributed by atoms with Crippen molar-refractivity contribution in [1.29, 1.82) is 0 Å². The zero-order valence-electron chi connectivity index (χ0n) is 8.64. The molecule has 0 saturated heterocycles. The van der Waals surface area contributed by atoms with Crippen molar-refractivity contribution in [2.24, 2.45) is 4.99 Å². The van der Waals surface area contributed by atoms with E-state index in [1.54, 1.807) is 14.0 Å². The van der Waals surface area contributed by atoms with Gasteiger partial charge in [-0.1, -0.05) is 34.3 Å². The molecule has 2 nitrogen and oxygen atoms in total. The van der Waals surface area contributed by atoms with E-state index in [4.69, 9.17) is 0 Å². The summed E-state index contributed by atoms with van der Waals surface area (Å²) in [6, 6.07) is 0. The lowest BCUT2D eigenvalue weighted by molar-refractivity contribution is 0.400. The van der Waals surface area contributed by atoms with Crippen LogP contribution in [-0.2, 0) is 4.74 Å². The van der Waals surface area contributed by atoms with Gasteiger partial charge in [0.25, 0.3) is 0 Å². The van der Waals surface area contributed by atoms with Gasteiger partial charge in [0.15, 0.2) is 5.90 Å². The summed E-state index contributed by atoms with van der Waals surface area (Å²) in [5.41, 5.74) is 0. The van der Waals surface area contributed by atoms with E-state index in [0.717, 1.165) is 0 Å². The third kappa shape index (κ3) is 27.0. The second-order valence-electron chi connectivity index (χ2n) is 1.03. The van der Waals surface area contributed by atoms with Crippen LogP contribution in [0.15, 0.2) is 17.8 Å². The summed E-state index contributed by atoms with van der Waals surface area (Å²) < 4.78 is 4.67. The third-order valence-electron chi connectivity index (χ3n) is 0.569. The highest BCUT2D eigenvalue weighted by molar-refractivity contribution is 5.73. The molecule has 0 fully saturated rings. The lowest BCUT2D eigenvalue weighted by atomic mass is 10.8. The Hall–Kier alpha value is -0.790. The van der Waals surface area contributed by atoms with Crippen LogP contribution in [-0.4, -0.2) is 13.0 Å². The largest absolute Gasteiger partial charge is 0.484 e. The minimum Gasteiger partial charge on any atom is -0.484 e. The molecule has 0 aliphatic rings. The highest BCUT2D eigenvalue weighted by Crippen LogP contribution is 1.75. The Kier molecular flexibility index (Phi) is 34.6. The Morgan fingerprint density at radius 1 is 1.27 bits per heavy atom. The summed E-state index contributed by atoms with van der Waals surface area (Å²) >= 11 is 0. The van der Waals surface area contributed by atoms with Crippen LogP contribution in [0.4, 0.5) is 0 Å². The molecule has 0 heterocycles. The maximum absolute atomic E-state index is 4.67. The van der Waals surface area contributed by atoms with Crippen LogP contribution < -0.4 is 0 Å². The number of aliphatic imine (C=N–C) groups is 1. The summed E-state index contributed by atoms with van der Waals surface area (Å²) in [6.07, 6.45) is 1.44. The molecule has 0 aromatic rings. The first-order valence-electron chi connectivity index (χ1n) is 4.00. The maximum Gasteiger partial charge on any atom is 0.184 e. The molecule has 0 aromatic heterocycles. The van der Waals surface area contributed by atoms with Gasteiger partial charge >= 0.3 is 0 Å². The fourth-order valence-electron chi connectivity index (χ4n) is 0.181. The van der Waals surface area contributed by atoms with Crippen molar-refractivity contribution >= 4 is 5.90 Å². The SMILES string of the molecule is C=CN=C(C)OC.CC.CC. The number of ether oxygens (including phenoxy) is 1. The molecule has 0 unspecified atom stereocenters. The van der Waals surface area contributed by atoms with Crippen LogP contribution in [0.3, 0.4) is 0 Å². The Balaban J connectivity index is -0.000000138. The first kappa shape index (κ1) is 16.7. The second-order valence-corrected chi connectivity index (χ2v) is 1.03. The molecule has 0 radical (unpaired) electrons. The lowest BCUT2D eigenvalue weighted by Gasteiger charge is -1.90. The summed E-state index contributed by atoms with van der Waals surface area (Å²) in [5, 5.41) is 0. The molecule has 0 atom stereocenters. The van der Waals surface area contributed by atoms with E-state index in [9.17, 15) is 0 Å². The summed E-state index contributed by atoms with van der Waals surface area (Å²) in [5.74, 6) is 0.634. The van der Waals surface area contributed by atoms with Gasteiger partial charge in [0.05, 0.1) is 7.11 Å². The minimum atomic E-state index is 0.634. The predicted octanol–water partition coefficient (Wildman–Crippen LogP) is 3.25. The van der Waals surface area contributed by atoms with Gasteiger partial charge in [-0.3, -0.25) is 0 Å². The Labute approximate surface area is 71.0 Å². The van der Waals surface area contributed by atoms with Crippen molar-refractivity contribution in [2.45, 2.75) is 34.6 Å². The van der Waals surface area contributed by atoms with E-state index < -0.39 is 0 Å². The zero-order chi connectivity index (χ0) is 9.70. The molecule has 0 amide bonds. The van der Waals surface area contributed by atoms with Gasteiger partial charge < -0.3 is 4.74 Å². The zero-order valence-corrected chi connectivity index (χ0v) is 8.64. The lowest BCUT2D eigenvalue weighted by Crippen LogP contribution is -1.90. The molecule has 0 aliphatic heterocycles. The average molecular weight is 159 g/mol. The van der Waals surface area contributed by atoms with Crippen molar-refractivity contribution in [2.75, 3.05) is 7.11 Å². The Morgan fingerprint density at radius 3 is 1.73 bits per heavy atom. The monoisotopic (exact) mass is 159 g/mol. The summed E-state index contributed by atoms with van der Waals surface area (Å²) in [6.45, 7) is 13.1. The van der Waals surface area contributed by atoms with Gasteiger partial charge in [0.2, 0.25) is 0 Å². The first-order chi connectivity index (χ1) is 5.31. The van der Waals surface area contributed by atoms with Crippen molar-refractivity contribution < 1.29 is 4.74 Å². The van der Waals surface area contributed by atoms with Crippen molar-refractivity contribution in [1.82, 2.24) is 0 Å². The Morgan fingerprint density at radius 2 is 1.64 bits per heavy atom. The number of methoxy groups -OCH3 is 1. The molecule has 0 N–H and O–H groups in total. The molecule has 0 aromatic carbocycles.